The zero-order valence-electron chi connectivity index (χ0n) is 19.7. The molecule has 4 fully saturated rings. The summed E-state index contributed by atoms with van der Waals surface area (Å²) in [6, 6.07) is 0. The number of rotatable bonds is 4. The van der Waals surface area contributed by atoms with Crippen molar-refractivity contribution in [3.63, 3.8) is 0 Å². The van der Waals surface area contributed by atoms with Gasteiger partial charge in [0.1, 0.15) is 6.10 Å². The molecule has 1 aliphatic heterocycles. The average Bonchev–Trinajstić information content (AvgIpc) is 3.10. The molecule has 0 aromatic rings. The highest BCUT2D eigenvalue weighted by atomic mass is 16.5. The highest BCUT2D eigenvalue weighted by Crippen LogP contribution is 2.65. The Morgan fingerprint density at radius 1 is 1.03 bits per heavy atom. The van der Waals surface area contributed by atoms with Crippen LogP contribution in [-0.4, -0.2) is 37.5 Å². The largest absolute Gasteiger partial charge is 0.462 e. The van der Waals surface area contributed by atoms with Crippen molar-refractivity contribution in [2.45, 2.75) is 97.0 Å². The predicted molar refractivity (Wildman–Crippen MR) is 121 cm³/mol. The molecule has 172 valence electrons. The lowest BCUT2D eigenvalue weighted by molar-refractivity contribution is -0.904. The summed E-state index contributed by atoms with van der Waals surface area (Å²) in [5, 5.41) is 0. The predicted octanol–water partition coefficient (Wildman–Crippen LogP) is 3.89. The summed E-state index contributed by atoms with van der Waals surface area (Å²) in [5.41, 5.74) is 1.82. The molecule has 5 aliphatic rings. The van der Waals surface area contributed by atoms with Crippen LogP contribution >= 0.6 is 0 Å². The Labute approximate surface area is 188 Å². The van der Waals surface area contributed by atoms with Gasteiger partial charge in [-0.25, -0.2) is 0 Å². The van der Waals surface area contributed by atoms with E-state index in [1.807, 2.05) is 6.08 Å². The molecule has 0 unspecified atom stereocenters. The van der Waals surface area contributed by atoms with E-state index in [1.165, 1.54) is 63.6 Å². The second-order valence-electron chi connectivity index (χ2n) is 11.9. The third kappa shape index (κ3) is 3.81. The highest BCUT2D eigenvalue weighted by molar-refractivity contribution is 5.91. The number of fused-ring (bicyclic) bond motifs is 5. The van der Waals surface area contributed by atoms with E-state index in [9.17, 15) is 9.59 Å². The number of allylic oxidation sites excluding steroid dienone is 1. The monoisotopic (exact) mass is 428 g/mol. The molecule has 0 bridgehead atoms. The molecule has 31 heavy (non-hydrogen) atoms. The summed E-state index contributed by atoms with van der Waals surface area (Å²) in [5.74, 6) is 2.49. The Balaban J connectivity index is 1.23. The van der Waals surface area contributed by atoms with E-state index in [0.717, 1.165) is 38.1 Å². The molecule has 1 N–H and O–H groups in total. The number of likely N-dealkylation sites (tertiary alicyclic amines) is 1. The third-order valence-corrected chi connectivity index (χ3v) is 10.4. The van der Waals surface area contributed by atoms with Gasteiger partial charge in [-0.15, -0.1) is 0 Å². The van der Waals surface area contributed by atoms with Gasteiger partial charge < -0.3 is 9.64 Å². The molecule has 4 heteroatoms. The van der Waals surface area contributed by atoms with Gasteiger partial charge in [0.05, 0.1) is 26.1 Å². The molecule has 5 rings (SSSR count). The van der Waals surface area contributed by atoms with Gasteiger partial charge in [0.15, 0.2) is 5.78 Å². The van der Waals surface area contributed by atoms with E-state index in [0.29, 0.717) is 24.0 Å². The van der Waals surface area contributed by atoms with Crippen molar-refractivity contribution < 1.29 is 19.2 Å². The number of esters is 1. The quantitative estimate of drug-likeness (QED) is 0.691. The van der Waals surface area contributed by atoms with Crippen LogP contribution < -0.4 is 4.90 Å². The summed E-state index contributed by atoms with van der Waals surface area (Å²) in [4.78, 5) is 26.4. The van der Waals surface area contributed by atoms with Crippen LogP contribution in [0.15, 0.2) is 11.6 Å². The van der Waals surface area contributed by atoms with Crippen molar-refractivity contribution in [2.75, 3.05) is 19.6 Å². The van der Waals surface area contributed by atoms with Gasteiger partial charge in [-0.3, -0.25) is 9.59 Å². The molecule has 1 heterocycles. The lowest BCUT2D eigenvalue weighted by Crippen LogP contribution is -3.12. The van der Waals surface area contributed by atoms with Crippen LogP contribution in [0.4, 0.5) is 0 Å². The van der Waals surface area contributed by atoms with Crippen LogP contribution in [0.3, 0.4) is 0 Å². The maximum absolute atomic E-state index is 12.7. The topological polar surface area (TPSA) is 47.8 Å². The van der Waals surface area contributed by atoms with Crippen molar-refractivity contribution in [2.24, 2.45) is 28.6 Å². The Bertz CT molecular complexity index is 754. The lowest BCUT2D eigenvalue weighted by atomic mass is 9.47. The van der Waals surface area contributed by atoms with Crippen LogP contribution in [0.1, 0.15) is 90.9 Å². The van der Waals surface area contributed by atoms with Crippen LogP contribution in [0.5, 0.6) is 0 Å². The Morgan fingerprint density at radius 2 is 1.84 bits per heavy atom. The SMILES string of the molecule is C[C@@]12CC[C@H]3[C@H](CCC4=CC(=O)CC[C@]43C)[C@@H]1CC[C@@H]2OC(=O)CC[NH+]1CCCCC1. The second kappa shape index (κ2) is 8.32. The first-order valence-corrected chi connectivity index (χ1v) is 13.2. The number of piperidine rings is 1. The van der Waals surface area contributed by atoms with Crippen LogP contribution in [0.25, 0.3) is 0 Å². The summed E-state index contributed by atoms with van der Waals surface area (Å²) < 4.78 is 6.19. The lowest BCUT2D eigenvalue weighted by Gasteiger charge is -2.57. The normalized spacial score (nSPS) is 42.9. The Kier molecular flexibility index (Phi) is 5.82. The highest BCUT2D eigenvalue weighted by Gasteiger charge is 2.59. The maximum atomic E-state index is 12.7. The molecule has 0 spiro atoms. The molecule has 3 saturated carbocycles. The van der Waals surface area contributed by atoms with E-state index >= 15 is 0 Å². The Hall–Kier alpha value is -1.16. The first-order chi connectivity index (χ1) is 14.9. The van der Waals surface area contributed by atoms with Crippen LogP contribution in [0.2, 0.25) is 0 Å². The zero-order valence-corrected chi connectivity index (χ0v) is 19.7. The van der Waals surface area contributed by atoms with E-state index in [-0.39, 0.29) is 22.9 Å². The van der Waals surface area contributed by atoms with Crippen LogP contribution in [-0.2, 0) is 14.3 Å². The van der Waals surface area contributed by atoms with Crippen molar-refractivity contribution in [1.29, 1.82) is 0 Å². The molecule has 0 amide bonds. The van der Waals surface area contributed by atoms with Gasteiger partial charge in [-0.2, -0.15) is 0 Å². The van der Waals surface area contributed by atoms with Crippen molar-refractivity contribution in [3.8, 4) is 0 Å². The molecule has 6 atom stereocenters. The van der Waals surface area contributed by atoms with Crippen molar-refractivity contribution in [3.05, 3.63) is 11.6 Å². The van der Waals surface area contributed by atoms with Crippen LogP contribution in [0, 0.1) is 28.6 Å². The number of hydrogen-bond acceptors (Lipinski definition) is 3. The first-order valence-electron chi connectivity index (χ1n) is 13.2. The number of ketones is 1. The number of carbonyl (C=O) groups excluding carboxylic acids is 2. The summed E-state index contributed by atoms with van der Waals surface area (Å²) in [7, 11) is 0. The molecule has 1 saturated heterocycles. The standard InChI is InChI=1S/C27H41NO3/c1-26-13-10-20(29)18-19(26)6-7-21-22-8-9-24(27(22,2)14-11-23(21)26)31-25(30)12-17-28-15-4-3-5-16-28/h18,21-24H,3-17H2,1-2H3/p+1/t21-,22+,23+,24+,26-,27-/m1/s1. The Morgan fingerprint density at radius 3 is 2.65 bits per heavy atom. The third-order valence-electron chi connectivity index (χ3n) is 10.4. The number of nitrogens with one attached hydrogen (secondary N) is 1. The van der Waals surface area contributed by atoms with Gasteiger partial charge in [0, 0.05) is 11.8 Å². The molecule has 0 aromatic heterocycles. The second-order valence-corrected chi connectivity index (χ2v) is 11.9. The van der Waals surface area contributed by atoms with Gasteiger partial charge >= 0.3 is 5.97 Å². The number of hydrogen-bond donors (Lipinski definition) is 1. The average molecular weight is 429 g/mol. The number of ether oxygens (including phenoxy) is 1. The molecule has 0 aromatic carbocycles. The minimum Gasteiger partial charge on any atom is -0.462 e. The smallest absolute Gasteiger partial charge is 0.311 e. The zero-order chi connectivity index (χ0) is 21.6. The van der Waals surface area contributed by atoms with Gasteiger partial charge in [0.25, 0.3) is 0 Å². The van der Waals surface area contributed by atoms with Crippen molar-refractivity contribution in [1.82, 2.24) is 0 Å². The van der Waals surface area contributed by atoms with Gasteiger partial charge in [0.2, 0.25) is 0 Å². The first kappa shape index (κ1) is 21.7. The summed E-state index contributed by atoms with van der Waals surface area (Å²) in [6.07, 6.45) is 15.4. The van der Waals surface area contributed by atoms with E-state index in [4.69, 9.17) is 4.74 Å². The summed E-state index contributed by atoms with van der Waals surface area (Å²) in [6.45, 7) is 8.26. The van der Waals surface area contributed by atoms with E-state index in [1.54, 1.807) is 4.90 Å². The number of quaternary nitrogens is 1. The number of carbonyl (C=O) groups is 2. The summed E-state index contributed by atoms with van der Waals surface area (Å²) >= 11 is 0. The minimum atomic E-state index is 0.0405. The fourth-order valence-corrected chi connectivity index (χ4v) is 8.50. The molecule has 0 radical (unpaired) electrons. The molecular weight excluding hydrogens is 386 g/mol. The molecular formula is C27H42NO3+. The van der Waals surface area contributed by atoms with Gasteiger partial charge in [-0.05, 0) is 93.5 Å². The fourth-order valence-electron chi connectivity index (χ4n) is 8.50. The molecule has 4 nitrogen and oxygen atoms in total. The minimum absolute atomic E-state index is 0.0405. The maximum Gasteiger partial charge on any atom is 0.311 e. The van der Waals surface area contributed by atoms with E-state index < -0.39 is 0 Å². The fraction of sp³-hybridized carbons (Fsp3) is 0.852. The van der Waals surface area contributed by atoms with Crippen molar-refractivity contribution >= 4 is 11.8 Å². The van der Waals surface area contributed by atoms with E-state index in [2.05, 4.69) is 13.8 Å². The molecule has 4 aliphatic carbocycles. The van der Waals surface area contributed by atoms with Gasteiger partial charge in [-0.1, -0.05) is 19.4 Å².